The smallest absolute Gasteiger partial charge is 0.326 e. The van der Waals surface area contributed by atoms with Gasteiger partial charge in [0, 0.05) is 6.54 Å². The molecule has 2 rings (SSSR count). The Labute approximate surface area is 170 Å². The monoisotopic (exact) mass is 410 g/mol. The molecule has 1 aliphatic carbocycles. The van der Waals surface area contributed by atoms with Crippen molar-refractivity contribution in [2.45, 2.75) is 64.3 Å². The summed E-state index contributed by atoms with van der Waals surface area (Å²) in [4.78, 5) is 60.9. The molecule has 2 aliphatic rings. The second-order valence-electron chi connectivity index (χ2n) is 7.57. The van der Waals surface area contributed by atoms with Crippen molar-refractivity contribution >= 4 is 29.8 Å². The van der Waals surface area contributed by atoms with Gasteiger partial charge in [-0.25, -0.2) is 9.59 Å². The zero-order valence-electron chi connectivity index (χ0n) is 17.0. The summed E-state index contributed by atoms with van der Waals surface area (Å²) in [5.41, 5.74) is -0.934. The highest BCUT2D eigenvalue weighted by molar-refractivity contribution is 6.08. The molecule has 0 aromatic carbocycles. The molecule has 29 heavy (non-hydrogen) atoms. The maximum Gasteiger partial charge on any atom is 0.326 e. The summed E-state index contributed by atoms with van der Waals surface area (Å²) in [6, 6.07) is -1.29. The summed E-state index contributed by atoms with van der Waals surface area (Å²) in [6.45, 7) is 3.26. The molecule has 1 heterocycles. The predicted molar refractivity (Wildman–Crippen MR) is 103 cm³/mol. The quantitative estimate of drug-likeness (QED) is 0.311. The minimum absolute atomic E-state index is 0.422. The van der Waals surface area contributed by atoms with Gasteiger partial charge in [-0.05, 0) is 38.0 Å². The zero-order chi connectivity index (χ0) is 21.4. The fourth-order valence-corrected chi connectivity index (χ4v) is 3.64. The number of carbonyl (C=O) groups excluding carboxylic acids is 5. The molecule has 10 heteroatoms. The van der Waals surface area contributed by atoms with Crippen LogP contribution in [0.2, 0.25) is 0 Å². The summed E-state index contributed by atoms with van der Waals surface area (Å²) >= 11 is 0. The Morgan fingerprint density at radius 1 is 1.21 bits per heavy atom. The van der Waals surface area contributed by atoms with Crippen LogP contribution in [0.15, 0.2) is 0 Å². The molecule has 2 fully saturated rings. The molecule has 0 atom stereocenters. The minimum atomic E-state index is -0.934. The summed E-state index contributed by atoms with van der Waals surface area (Å²) in [5, 5.41) is 7.26. The van der Waals surface area contributed by atoms with Gasteiger partial charge in [-0.1, -0.05) is 26.7 Å². The van der Waals surface area contributed by atoms with Crippen LogP contribution in [0, 0.1) is 5.92 Å². The van der Waals surface area contributed by atoms with Gasteiger partial charge in [-0.3, -0.25) is 24.6 Å². The number of urea groups is 2. The van der Waals surface area contributed by atoms with Crippen LogP contribution in [0.4, 0.5) is 9.59 Å². The van der Waals surface area contributed by atoms with Crippen LogP contribution in [-0.4, -0.2) is 60.0 Å². The van der Waals surface area contributed by atoms with Crippen LogP contribution in [0.5, 0.6) is 0 Å². The minimum Gasteiger partial charge on any atom is -0.454 e. The molecule has 0 bridgehead atoms. The molecule has 1 aliphatic heterocycles. The number of nitrogens with zero attached hydrogens (tertiary/aromatic N) is 1. The van der Waals surface area contributed by atoms with E-state index in [0.717, 1.165) is 37.0 Å². The molecular weight excluding hydrogens is 380 g/mol. The fraction of sp³-hybridized carbons (Fsp3) is 0.737. The Morgan fingerprint density at radius 3 is 2.52 bits per heavy atom. The van der Waals surface area contributed by atoms with Gasteiger partial charge in [0.2, 0.25) is 0 Å². The molecular formula is C19H30N4O6. The van der Waals surface area contributed by atoms with Crippen molar-refractivity contribution < 1.29 is 28.7 Å². The van der Waals surface area contributed by atoms with Crippen LogP contribution in [0.1, 0.15) is 58.8 Å². The van der Waals surface area contributed by atoms with E-state index in [2.05, 4.69) is 17.6 Å². The SMILES string of the molecule is CCCCNC(=O)NC(=O)COC(=O)CN1C(=O)NC2(CCC(CC)CC2)C1=O. The number of hydrogen-bond acceptors (Lipinski definition) is 6. The number of imide groups is 2. The van der Waals surface area contributed by atoms with Crippen molar-refractivity contribution in [1.29, 1.82) is 0 Å². The van der Waals surface area contributed by atoms with Gasteiger partial charge in [0.25, 0.3) is 11.8 Å². The highest BCUT2D eigenvalue weighted by atomic mass is 16.5. The number of hydrogen-bond donors (Lipinski definition) is 3. The van der Waals surface area contributed by atoms with E-state index in [1.165, 1.54) is 0 Å². The lowest BCUT2D eigenvalue weighted by Crippen LogP contribution is -2.49. The second-order valence-corrected chi connectivity index (χ2v) is 7.57. The number of nitrogens with one attached hydrogen (secondary N) is 3. The molecule has 0 unspecified atom stereocenters. The van der Waals surface area contributed by atoms with E-state index in [0.29, 0.717) is 25.3 Å². The summed E-state index contributed by atoms with van der Waals surface area (Å²) in [5.74, 6) is -1.57. The summed E-state index contributed by atoms with van der Waals surface area (Å²) in [7, 11) is 0. The molecule has 0 aromatic heterocycles. The van der Waals surface area contributed by atoms with E-state index in [-0.39, 0.29) is 0 Å². The average Bonchev–Trinajstić information content (AvgIpc) is 2.91. The Kier molecular flexibility index (Phi) is 7.98. The zero-order valence-corrected chi connectivity index (χ0v) is 17.0. The number of rotatable bonds is 8. The van der Waals surface area contributed by atoms with E-state index < -0.39 is 48.5 Å². The van der Waals surface area contributed by atoms with Crippen molar-refractivity contribution in [2.75, 3.05) is 19.7 Å². The summed E-state index contributed by atoms with van der Waals surface area (Å²) < 4.78 is 4.79. The third-order valence-corrected chi connectivity index (χ3v) is 5.50. The maximum atomic E-state index is 12.7. The third kappa shape index (κ3) is 5.91. The first-order valence-corrected chi connectivity index (χ1v) is 10.2. The number of esters is 1. The van der Waals surface area contributed by atoms with E-state index in [1.807, 2.05) is 12.2 Å². The van der Waals surface area contributed by atoms with Crippen molar-refractivity contribution in [3.63, 3.8) is 0 Å². The topological polar surface area (TPSA) is 134 Å². The Hall–Kier alpha value is -2.65. The lowest BCUT2D eigenvalue weighted by Gasteiger charge is -2.34. The van der Waals surface area contributed by atoms with Gasteiger partial charge >= 0.3 is 18.0 Å². The average molecular weight is 410 g/mol. The van der Waals surface area contributed by atoms with Crippen LogP contribution in [0.25, 0.3) is 0 Å². The van der Waals surface area contributed by atoms with Crippen LogP contribution in [0.3, 0.4) is 0 Å². The van der Waals surface area contributed by atoms with E-state index in [9.17, 15) is 24.0 Å². The van der Waals surface area contributed by atoms with Crippen molar-refractivity contribution in [3.05, 3.63) is 0 Å². The first kappa shape index (κ1) is 22.6. The van der Waals surface area contributed by atoms with E-state index in [4.69, 9.17) is 4.74 Å². The number of unbranched alkanes of at least 4 members (excludes halogenated alkanes) is 1. The number of amides is 6. The van der Waals surface area contributed by atoms with Crippen molar-refractivity contribution in [3.8, 4) is 0 Å². The molecule has 0 radical (unpaired) electrons. The van der Waals surface area contributed by atoms with Crippen LogP contribution in [-0.2, 0) is 19.1 Å². The first-order valence-electron chi connectivity index (χ1n) is 10.2. The molecule has 3 N–H and O–H groups in total. The largest absolute Gasteiger partial charge is 0.454 e. The second kappa shape index (κ2) is 10.2. The van der Waals surface area contributed by atoms with Gasteiger partial charge in [0.1, 0.15) is 12.1 Å². The van der Waals surface area contributed by atoms with Gasteiger partial charge in [0.05, 0.1) is 0 Å². The van der Waals surface area contributed by atoms with E-state index in [1.54, 1.807) is 0 Å². The normalized spacial score (nSPS) is 23.7. The lowest BCUT2D eigenvalue weighted by molar-refractivity contribution is -0.151. The Balaban J connectivity index is 1.77. The van der Waals surface area contributed by atoms with E-state index >= 15 is 0 Å². The number of carbonyl (C=O) groups is 5. The third-order valence-electron chi connectivity index (χ3n) is 5.50. The van der Waals surface area contributed by atoms with Crippen LogP contribution >= 0.6 is 0 Å². The number of ether oxygens (including phenoxy) is 1. The highest BCUT2D eigenvalue weighted by Crippen LogP contribution is 2.37. The van der Waals surface area contributed by atoms with Crippen molar-refractivity contribution in [1.82, 2.24) is 20.9 Å². The predicted octanol–water partition coefficient (Wildman–Crippen LogP) is 1.05. The molecule has 0 aromatic rings. The molecule has 6 amide bonds. The standard InChI is InChI=1S/C19H30N4O6/c1-3-5-10-20-17(27)21-14(24)12-29-15(25)11-23-16(26)19(22-18(23)28)8-6-13(4-2)7-9-19/h13H,3-12H2,1-2H3,(H,22,28)(H2,20,21,24,27). The fourth-order valence-electron chi connectivity index (χ4n) is 3.64. The van der Waals surface area contributed by atoms with Crippen LogP contribution < -0.4 is 16.0 Å². The Morgan fingerprint density at radius 2 is 1.90 bits per heavy atom. The summed E-state index contributed by atoms with van der Waals surface area (Å²) in [6.07, 6.45) is 5.52. The lowest BCUT2D eigenvalue weighted by atomic mass is 9.75. The molecule has 10 nitrogen and oxygen atoms in total. The maximum absolute atomic E-state index is 12.7. The van der Waals surface area contributed by atoms with Gasteiger partial charge < -0.3 is 15.4 Å². The van der Waals surface area contributed by atoms with Gasteiger partial charge in [-0.15, -0.1) is 0 Å². The van der Waals surface area contributed by atoms with Crippen molar-refractivity contribution in [2.24, 2.45) is 5.92 Å². The first-order chi connectivity index (χ1) is 13.8. The molecule has 1 saturated carbocycles. The molecule has 162 valence electrons. The molecule has 1 saturated heterocycles. The van der Waals surface area contributed by atoms with Gasteiger partial charge in [-0.2, -0.15) is 0 Å². The Bertz CT molecular complexity index is 657. The van der Waals surface area contributed by atoms with Gasteiger partial charge in [0.15, 0.2) is 6.61 Å². The highest BCUT2D eigenvalue weighted by Gasteiger charge is 2.52. The molecule has 1 spiro atoms.